The summed E-state index contributed by atoms with van der Waals surface area (Å²) in [6.45, 7) is 0. The number of thiazole rings is 1. The number of hydrazone groups is 1. The number of halogens is 1. The molecule has 0 bridgehead atoms. The number of para-hydroxylation sites is 1. The van der Waals surface area contributed by atoms with Crippen molar-refractivity contribution in [2.75, 3.05) is 5.32 Å². The summed E-state index contributed by atoms with van der Waals surface area (Å²) in [5.74, 6) is -0.282. The van der Waals surface area contributed by atoms with Gasteiger partial charge >= 0.3 is 0 Å². The summed E-state index contributed by atoms with van der Waals surface area (Å²) in [6, 6.07) is 18.5. The summed E-state index contributed by atoms with van der Waals surface area (Å²) in [5, 5.41) is 8.08. The Morgan fingerprint density at radius 3 is 2.46 bits per heavy atom. The lowest BCUT2D eigenvalue weighted by Crippen LogP contribution is -2.17. The Labute approximate surface area is 148 Å². The zero-order valence-corrected chi connectivity index (χ0v) is 14.0. The van der Waals surface area contributed by atoms with Crippen molar-refractivity contribution in [3.63, 3.8) is 0 Å². The Balaban J connectivity index is 1.64. The van der Waals surface area contributed by atoms with Crippen molar-refractivity contribution in [3.8, 4) is 0 Å². The van der Waals surface area contributed by atoms with Crippen molar-refractivity contribution in [1.82, 2.24) is 10.4 Å². The first-order valence-corrected chi connectivity index (χ1v) is 8.28. The molecule has 1 amide bonds. The summed E-state index contributed by atoms with van der Waals surface area (Å²) in [5.41, 5.74) is 3.92. The molecule has 3 aromatic rings. The predicted octanol–water partition coefficient (Wildman–Crippen LogP) is 4.30. The fraction of sp³-hybridized carbons (Fsp3) is 0. The smallest absolute Gasteiger partial charge is 0.271 e. The van der Waals surface area contributed by atoms with Gasteiger partial charge < -0.3 is 5.32 Å². The third-order valence-corrected chi connectivity index (χ3v) is 4.32. The zero-order chi connectivity index (χ0) is 16.8. The van der Waals surface area contributed by atoms with Gasteiger partial charge in [0.25, 0.3) is 5.91 Å². The van der Waals surface area contributed by atoms with E-state index >= 15 is 0 Å². The van der Waals surface area contributed by atoms with Crippen LogP contribution in [0.15, 0.2) is 65.8 Å². The van der Waals surface area contributed by atoms with Crippen LogP contribution in [0.1, 0.15) is 15.2 Å². The first kappa shape index (κ1) is 16.2. The molecule has 5 nitrogen and oxygen atoms in total. The summed E-state index contributed by atoms with van der Waals surface area (Å²) in [4.78, 5) is 16.8. The topological polar surface area (TPSA) is 66.4 Å². The van der Waals surface area contributed by atoms with Gasteiger partial charge in [-0.2, -0.15) is 5.10 Å². The summed E-state index contributed by atoms with van der Waals surface area (Å²) in [7, 11) is 0. The van der Waals surface area contributed by atoms with Crippen molar-refractivity contribution < 1.29 is 4.79 Å². The van der Waals surface area contributed by atoms with Crippen molar-refractivity contribution >= 4 is 45.9 Å². The number of hydrogen-bond acceptors (Lipinski definition) is 5. The first-order valence-electron chi connectivity index (χ1n) is 7.09. The third kappa shape index (κ3) is 4.18. The normalized spacial score (nSPS) is 10.7. The maximum atomic E-state index is 11.9. The molecule has 24 heavy (non-hydrogen) atoms. The van der Waals surface area contributed by atoms with Crippen LogP contribution in [0.4, 0.5) is 10.8 Å². The summed E-state index contributed by atoms with van der Waals surface area (Å²) in [6.07, 6.45) is 1.48. The van der Waals surface area contributed by atoms with Crippen LogP contribution >= 0.6 is 22.9 Å². The van der Waals surface area contributed by atoms with E-state index in [1.165, 1.54) is 17.6 Å². The molecule has 1 aromatic heterocycles. The summed E-state index contributed by atoms with van der Waals surface area (Å²) >= 11 is 7.45. The highest BCUT2D eigenvalue weighted by atomic mass is 35.5. The van der Waals surface area contributed by atoms with E-state index in [4.69, 9.17) is 11.6 Å². The van der Waals surface area contributed by atoms with Gasteiger partial charge in [-0.3, -0.25) is 4.79 Å². The molecule has 7 heteroatoms. The second-order valence-electron chi connectivity index (χ2n) is 4.73. The number of amides is 1. The fourth-order valence-electron chi connectivity index (χ4n) is 1.89. The molecule has 0 spiro atoms. The zero-order valence-electron chi connectivity index (χ0n) is 12.4. The molecule has 0 radical (unpaired) electrons. The van der Waals surface area contributed by atoms with Crippen molar-refractivity contribution in [2.45, 2.75) is 0 Å². The number of anilines is 2. The molecule has 0 aliphatic heterocycles. The lowest BCUT2D eigenvalue weighted by molar-refractivity contribution is 0.0955. The van der Waals surface area contributed by atoms with E-state index < -0.39 is 0 Å². The molecule has 2 N–H and O–H groups in total. The molecule has 0 atom stereocenters. The number of hydrogen-bond donors (Lipinski definition) is 2. The van der Waals surface area contributed by atoms with Crippen LogP contribution in [0.2, 0.25) is 5.15 Å². The van der Waals surface area contributed by atoms with Crippen LogP contribution in [-0.4, -0.2) is 17.1 Å². The van der Waals surface area contributed by atoms with Gasteiger partial charge in [0.15, 0.2) is 10.3 Å². The van der Waals surface area contributed by atoms with E-state index in [1.54, 1.807) is 24.3 Å². The van der Waals surface area contributed by atoms with Gasteiger partial charge in [-0.05, 0) is 24.3 Å². The predicted molar refractivity (Wildman–Crippen MR) is 98.4 cm³/mol. The van der Waals surface area contributed by atoms with E-state index in [1.807, 2.05) is 36.4 Å². The fourth-order valence-corrected chi connectivity index (χ4v) is 2.94. The highest BCUT2D eigenvalue weighted by Gasteiger charge is 2.08. The molecule has 0 fully saturated rings. The van der Waals surface area contributed by atoms with Gasteiger partial charge in [0.05, 0.1) is 11.1 Å². The minimum atomic E-state index is -0.282. The number of aromatic nitrogens is 1. The third-order valence-electron chi connectivity index (χ3n) is 3.02. The maximum Gasteiger partial charge on any atom is 0.271 e. The Kier molecular flexibility index (Phi) is 5.20. The Morgan fingerprint density at radius 1 is 1.08 bits per heavy atom. The number of nitrogens with zero attached hydrogens (tertiary/aromatic N) is 2. The molecule has 0 aliphatic carbocycles. The van der Waals surface area contributed by atoms with Crippen LogP contribution in [0.25, 0.3) is 0 Å². The van der Waals surface area contributed by atoms with Crippen molar-refractivity contribution in [2.24, 2.45) is 5.10 Å². The van der Waals surface area contributed by atoms with Gasteiger partial charge in [-0.15, -0.1) is 0 Å². The average molecular weight is 357 g/mol. The summed E-state index contributed by atoms with van der Waals surface area (Å²) < 4.78 is 0. The van der Waals surface area contributed by atoms with Gasteiger partial charge in [-0.1, -0.05) is 59.3 Å². The Morgan fingerprint density at radius 2 is 1.75 bits per heavy atom. The van der Waals surface area contributed by atoms with Crippen LogP contribution in [0, 0.1) is 0 Å². The number of carbonyl (C=O) groups excluding carboxylic acids is 1. The van der Waals surface area contributed by atoms with E-state index in [9.17, 15) is 4.79 Å². The maximum absolute atomic E-state index is 11.9. The van der Waals surface area contributed by atoms with E-state index in [0.717, 1.165) is 5.69 Å². The minimum absolute atomic E-state index is 0.282. The number of rotatable bonds is 5. The van der Waals surface area contributed by atoms with Crippen LogP contribution in [0.5, 0.6) is 0 Å². The molecule has 120 valence electrons. The van der Waals surface area contributed by atoms with Crippen molar-refractivity contribution in [1.29, 1.82) is 0 Å². The molecule has 0 saturated heterocycles. The van der Waals surface area contributed by atoms with Crippen LogP contribution in [0.3, 0.4) is 0 Å². The SMILES string of the molecule is O=C(NN=Cc1sc(Nc2ccccc2)nc1Cl)c1ccccc1. The molecule has 0 saturated carbocycles. The lowest BCUT2D eigenvalue weighted by Gasteiger charge is -2.00. The van der Waals surface area contributed by atoms with Crippen LogP contribution in [-0.2, 0) is 0 Å². The second-order valence-corrected chi connectivity index (χ2v) is 6.12. The largest absolute Gasteiger partial charge is 0.331 e. The molecule has 3 rings (SSSR count). The Bertz CT molecular complexity index is 850. The second kappa shape index (κ2) is 7.72. The van der Waals surface area contributed by atoms with Gasteiger partial charge in [0.1, 0.15) is 0 Å². The standard InChI is InChI=1S/C17H13ClN4OS/c18-15-14(11-19-22-16(23)12-7-3-1-4-8-12)24-17(21-15)20-13-9-5-2-6-10-13/h1-11H,(H,20,21)(H,22,23). The average Bonchev–Trinajstić information content (AvgIpc) is 2.96. The minimum Gasteiger partial charge on any atom is -0.331 e. The lowest BCUT2D eigenvalue weighted by atomic mass is 10.2. The van der Waals surface area contributed by atoms with Crippen molar-refractivity contribution in [3.05, 3.63) is 76.3 Å². The highest BCUT2D eigenvalue weighted by molar-refractivity contribution is 7.17. The van der Waals surface area contributed by atoms with E-state index in [2.05, 4.69) is 20.8 Å². The Hall–Kier alpha value is -2.70. The number of carbonyl (C=O) groups is 1. The van der Waals surface area contributed by atoms with Gasteiger partial charge in [-0.25, -0.2) is 10.4 Å². The molecule has 2 aromatic carbocycles. The quantitative estimate of drug-likeness (QED) is 0.529. The number of nitrogens with one attached hydrogen (secondary N) is 2. The molecule has 1 heterocycles. The van der Waals surface area contributed by atoms with Crippen LogP contribution < -0.4 is 10.7 Å². The molecular weight excluding hydrogens is 344 g/mol. The first-order chi connectivity index (χ1) is 11.7. The highest BCUT2D eigenvalue weighted by Crippen LogP contribution is 2.27. The van der Waals surface area contributed by atoms with E-state index in [-0.39, 0.29) is 5.91 Å². The van der Waals surface area contributed by atoms with Gasteiger partial charge in [0, 0.05) is 11.3 Å². The van der Waals surface area contributed by atoms with E-state index in [0.29, 0.717) is 20.7 Å². The monoisotopic (exact) mass is 356 g/mol. The molecular formula is C17H13ClN4OS. The van der Waals surface area contributed by atoms with Gasteiger partial charge in [0.2, 0.25) is 0 Å². The molecule has 0 aliphatic rings. The number of benzene rings is 2. The molecule has 0 unspecified atom stereocenters.